The van der Waals surface area contributed by atoms with E-state index in [0.717, 1.165) is 35.6 Å². The van der Waals surface area contributed by atoms with E-state index in [-0.39, 0.29) is 6.04 Å². The molecule has 0 saturated carbocycles. The smallest absolute Gasteiger partial charge is 0.243 e. The summed E-state index contributed by atoms with van der Waals surface area (Å²) in [6, 6.07) is 5.62. The molecule has 1 saturated heterocycles. The van der Waals surface area contributed by atoms with Crippen LogP contribution in [0.2, 0.25) is 0 Å². The standard InChI is InChI=1S/C16H26N2O2S2/c1-13-6-7-16(14(2)10-13)22(19,20)18-8-5-9-21-12-15(18)11-17(3)4/h6-7,10,15H,5,8-9,11-12H2,1-4H3/t15-/m0/s1. The van der Waals surface area contributed by atoms with E-state index in [1.54, 1.807) is 10.4 Å². The summed E-state index contributed by atoms with van der Waals surface area (Å²) in [7, 11) is 0.561. The van der Waals surface area contributed by atoms with Gasteiger partial charge in [0.15, 0.2) is 0 Å². The van der Waals surface area contributed by atoms with Crippen molar-refractivity contribution in [3.63, 3.8) is 0 Å². The Morgan fingerprint density at radius 3 is 2.68 bits per heavy atom. The Kier molecular flexibility index (Phi) is 5.94. The van der Waals surface area contributed by atoms with E-state index >= 15 is 0 Å². The number of rotatable bonds is 4. The summed E-state index contributed by atoms with van der Waals surface area (Å²) in [5.41, 5.74) is 1.92. The van der Waals surface area contributed by atoms with Crippen LogP contribution in [0.4, 0.5) is 0 Å². The Morgan fingerprint density at radius 2 is 2.05 bits per heavy atom. The Bertz CT molecular complexity index is 615. The normalized spacial score (nSPS) is 21.0. The van der Waals surface area contributed by atoms with E-state index in [1.165, 1.54) is 0 Å². The van der Waals surface area contributed by atoms with Gasteiger partial charge in [0.05, 0.1) is 4.90 Å². The van der Waals surface area contributed by atoms with Gasteiger partial charge in [-0.15, -0.1) is 0 Å². The molecule has 0 aromatic heterocycles. The van der Waals surface area contributed by atoms with E-state index in [2.05, 4.69) is 4.90 Å². The van der Waals surface area contributed by atoms with Crippen LogP contribution in [-0.2, 0) is 10.0 Å². The molecule has 1 aliphatic rings. The average molecular weight is 343 g/mol. The highest BCUT2D eigenvalue weighted by Gasteiger charge is 2.33. The number of hydrogen-bond acceptors (Lipinski definition) is 4. The first kappa shape index (κ1) is 17.8. The number of aryl methyl sites for hydroxylation is 2. The van der Waals surface area contributed by atoms with Gasteiger partial charge in [-0.2, -0.15) is 16.1 Å². The lowest BCUT2D eigenvalue weighted by Crippen LogP contribution is -2.46. The third kappa shape index (κ3) is 4.04. The van der Waals surface area contributed by atoms with Crippen molar-refractivity contribution in [2.75, 3.05) is 38.7 Å². The zero-order valence-electron chi connectivity index (χ0n) is 13.9. The Labute approximate surface area is 138 Å². The van der Waals surface area contributed by atoms with Gasteiger partial charge in [-0.25, -0.2) is 8.42 Å². The molecule has 0 radical (unpaired) electrons. The van der Waals surface area contributed by atoms with E-state index in [1.807, 2.05) is 51.8 Å². The minimum Gasteiger partial charge on any atom is -0.308 e. The quantitative estimate of drug-likeness (QED) is 0.842. The molecule has 0 spiro atoms. The molecule has 1 aromatic rings. The van der Waals surface area contributed by atoms with Crippen LogP contribution in [0.3, 0.4) is 0 Å². The Morgan fingerprint density at radius 1 is 1.32 bits per heavy atom. The van der Waals surface area contributed by atoms with Crippen LogP contribution in [0.1, 0.15) is 17.5 Å². The van der Waals surface area contributed by atoms with Crippen molar-refractivity contribution in [3.8, 4) is 0 Å². The fourth-order valence-electron chi connectivity index (χ4n) is 2.90. The monoisotopic (exact) mass is 342 g/mol. The molecule has 0 N–H and O–H groups in total. The first-order valence-corrected chi connectivity index (χ1v) is 10.2. The van der Waals surface area contributed by atoms with Gasteiger partial charge in [0.2, 0.25) is 10.0 Å². The Hall–Kier alpha value is -0.560. The average Bonchev–Trinajstić information content (AvgIpc) is 2.63. The predicted molar refractivity (Wildman–Crippen MR) is 94.1 cm³/mol. The SMILES string of the molecule is Cc1ccc(S(=O)(=O)N2CCCSC[C@@H]2CN(C)C)c(C)c1. The zero-order valence-corrected chi connectivity index (χ0v) is 15.5. The lowest BCUT2D eigenvalue weighted by atomic mass is 10.2. The summed E-state index contributed by atoms with van der Waals surface area (Å²) in [5, 5.41) is 0. The van der Waals surface area contributed by atoms with Gasteiger partial charge in [0.1, 0.15) is 0 Å². The van der Waals surface area contributed by atoms with Crippen molar-refractivity contribution < 1.29 is 8.42 Å². The number of likely N-dealkylation sites (N-methyl/N-ethyl adjacent to an activating group) is 1. The summed E-state index contributed by atoms with van der Waals surface area (Å²) < 4.78 is 28.1. The van der Waals surface area contributed by atoms with E-state index < -0.39 is 10.0 Å². The van der Waals surface area contributed by atoms with Crippen LogP contribution in [0.15, 0.2) is 23.1 Å². The fourth-order valence-corrected chi connectivity index (χ4v) is 5.92. The molecule has 1 atom stereocenters. The number of hydrogen-bond donors (Lipinski definition) is 0. The van der Waals surface area contributed by atoms with Gasteiger partial charge >= 0.3 is 0 Å². The summed E-state index contributed by atoms with van der Waals surface area (Å²) >= 11 is 1.85. The molecule has 124 valence electrons. The molecule has 0 bridgehead atoms. The van der Waals surface area contributed by atoms with Crippen LogP contribution >= 0.6 is 11.8 Å². The Balaban J connectivity index is 2.39. The van der Waals surface area contributed by atoms with Crippen molar-refractivity contribution in [1.29, 1.82) is 0 Å². The molecular formula is C16H26N2O2S2. The summed E-state index contributed by atoms with van der Waals surface area (Å²) in [4.78, 5) is 2.52. The highest BCUT2D eigenvalue weighted by Crippen LogP contribution is 2.26. The maximum absolute atomic E-state index is 13.2. The molecule has 22 heavy (non-hydrogen) atoms. The number of sulfonamides is 1. The largest absolute Gasteiger partial charge is 0.308 e. The molecule has 0 amide bonds. The highest BCUT2D eigenvalue weighted by atomic mass is 32.2. The van der Waals surface area contributed by atoms with E-state index in [0.29, 0.717) is 11.4 Å². The molecule has 1 heterocycles. The minimum absolute atomic E-state index is 0.0354. The van der Waals surface area contributed by atoms with Gasteiger partial charge in [0.25, 0.3) is 0 Å². The van der Waals surface area contributed by atoms with Crippen molar-refractivity contribution in [2.45, 2.75) is 31.2 Å². The topological polar surface area (TPSA) is 40.6 Å². The molecule has 1 aliphatic heterocycles. The third-order valence-corrected chi connectivity index (χ3v) is 7.19. The van der Waals surface area contributed by atoms with Crippen molar-refractivity contribution in [2.24, 2.45) is 0 Å². The highest BCUT2D eigenvalue weighted by molar-refractivity contribution is 7.99. The maximum atomic E-state index is 13.2. The van der Waals surface area contributed by atoms with Crippen LogP contribution in [0, 0.1) is 13.8 Å². The van der Waals surface area contributed by atoms with E-state index in [9.17, 15) is 8.42 Å². The molecule has 0 aliphatic carbocycles. The van der Waals surface area contributed by atoms with Gasteiger partial charge in [-0.05, 0) is 51.7 Å². The molecule has 1 fully saturated rings. The van der Waals surface area contributed by atoms with Gasteiger partial charge in [0, 0.05) is 24.9 Å². The maximum Gasteiger partial charge on any atom is 0.243 e. The van der Waals surface area contributed by atoms with Crippen molar-refractivity contribution in [3.05, 3.63) is 29.3 Å². The number of nitrogens with zero attached hydrogens (tertiary/aromatic N) is 2. The number of thioether (sulfide) groups is 1. The minimum atomic E-state index is -3.43. The van der Waals surface area contributed by atoms with E-state index in [4.69, 9.17) is 0 Å². The summed E-state index contributed by atoms with van der Waals surface area (Å²) in [6.07, 6.45) is 0.915. The molecule has 4 nitrogen and oxygen atoms in total. The second-order valence-corrected chi connectivity index (χ2v) is 9.24. The lowest BCUT2D eigenvalue weighted by molar-refractivity contribution is 0.271. The van der Waals surface area contributed by atoms with Gasteiger partial charge < -0.3 is 4.90 Å². The predicted octanol–water partition coefficient (Wildman–Crippen LogP) is 2.36. The second kappa shape index (κ2) is 7.34. The first-order chi connectivity index (χ1) is 10.3. The number of benzene rings is 1. The first-order valence-electron chi connectivity index (χ1n) is 7.64. The molecular weight excluding hydrogens is 316 g/mol. The van der Waals surface area contributed by atoms with Crippen molar-refractivity contribution in [1.82, 2.24) is 9.21 Å². The molecule has 0 unspecified atom stereocenters. The van der Waals surface area contributed by atoms with Gasteiger partial charge in [-0.3, -0.25) is 0 Å². The van der Waals surface area contributed by atoms with Crippen LogP contribution in [-0.4, -0.2) is 62.4 Å². The third-order valence-electron chi connectivity index (χ3n) is 3.88. The summed E-state index contributed by atoms with van der Waals surface area (Å²) in [6.45, 7) is 5.24. The van der Waals surface area contributed by atoms with Crippen molar-refractivity contribution >= 4 is 21.8 Å². The summed E-state index contributed by atoms with van der Waals surface area (Å²) in [5.74, 6) is 1.89. The van der Waals surface area contributed by atoms with Gasteiger partial charge in [-0.1, -0.05) is 17.7 Å². The fraction of sp³-hybridized carbons (Fsp3) is 0.625. The second-order valence-electron chi connectivity index (χ2n) is 6.23. The molecule has 1 aromatic carbocycles. The van der Waals surface area contributed by atoms with Crippen LogP contribution in [0.25, 0.3) is 0 Å². The van der Waals surface area contributed by atoms with Crippen LogP contribution in [0.5, 0.6) is 0 Å². The zero-order chi connectivity index (χ0) is 16.3. The van der Waals surface area contributed by atoms with Crippen LogP contribution < -0.4 is 0 Å². The lowest BCUT2D eigenvalue weighted by Gasteiger charge is -2.31. The molecule has 6 heteroatoms. The molecule has 2 rings (SSSR count).